The van der Waals surface area contributed by atoms with Crippen LogP contribution in [0, 0.1) is 17.7 Å². The fourth-order valence-electron chi connectivity index (χ4n) is 6.60. The number of benzene rings is 1. The van der Waals surface area contributed by atoms with E-state index in [0.717, 1.165) is 32.0 Å². The number of phenolic OH excluding ortho intramolecular Hbond substituents is 1. The molecule has 3 aliphatic carbocycles. The number of halogens is 1. The number of nitrogens with zero attached hydrogens (tertiary/aromatic N) is 1. The first-order valence-corrected chi connectivity index (χ1v) is 13.4. The highest BCUT2D eigenvalue weighted by molar-refractivity contribution is 6.24. The number of carbonyl (C=O) groups excluding carboxylic acids is 4. The highest BCUT2D eigenvalue weighted by atomic mass is 19.1. The van der Waals surface area contributed by atoms with Crippen molar-refractivity contribution in [3.63, 3.8) is 0 Å². The average Bonchev–Trinajstić information content (AvgIpc) is 3.41. The quantitative estimate of drug-likeness (QED) is 0.148. The van der Waals surface area contributed by atoms with Gasteiger partial charge in [0.2, 0.25) is 11.7 Å². The minimum Gasteiger partial charge on any atom is -0.508 e. The Balaban J connectivity index is 1.58. The molecule has 1 aliphatic heterocycles. The summed E-state index contributed by atoms with van der Waals surface area (Å²) in [6, 6.07) is -0.416. The van der Waals surface area contributed by atoms with Gasteiger partial charge in [0, 0.05) is 36.2 Å². The molecule has 2 fully saturated rings. The van der Waals surface area contributed by atoms with Crippen LogP contribution in [0.25, 0.3) is 5.76 Å². The van der Waals surface area contributed by atoms with Gasteiger partial charge >= 0.3 is 0 Å². The lowest BCUT2D eigenvalue weighted by molar-refractivity contribution is -0.150. The second-order valence-electron chi connectivity index (χ2n) is 10.9. The van der Waals surface area contributed by atoms with Crippen LogP contribution in [-0.4, -0.2) is 93.1 Å². The number of primary amides is 1. The van der Waals surface area contributed by atoms with Crippen LogP contribution in [-0.2, 0) is 25.6 Å². The van der Waals surface area contributed by atoms with E-state index < -0.39 is 86.7 Å². The third kappa shape index (κ3) is 4.47. The second-order valence-corrected chi connectivity index (χ2v) is 10.9. The molecule has 1 aromatic carbocycles. The zero-order valence-corrected chi connectivity index (χ0v) is 22.1. The zero-order valence-electron chi connectivity index (χ0n) is 22.1. The topological polar surface area (TPSA) is 229 Å². The van der Waals surface area contributed by atoms with Crippen LogP contribution in [0.5, 0.6) is 5.75 Å². The van der Waals surface area contributed by atoms with Crippen LogP contribution in [0.15, 0.2) is 23.0 Å². The number of carbonyl (C=O) groups is 4. The second kappa shape index (κ2) is 10.5. The van der Waals surface area contributed by atoms with Crippen molar-refractivity contribution in [3.05, 3.63) is 39.9 Å². The van der Waals surface area contributed by atoms with Crippen molar-refractivity contribution in [2.45, 2.75) is 37.3 Å². The zero-order chi connectivity index (χ0) is 29.8. The fourth-order valence-corrected chi connectivity index (χ4v) is 6.60. The minimum atomic E-state index is -2.84. The number of amides is 2. The lowest BCUT2D eigenvalue weighted by Crippen LogP contribution is -2.66. The predicted octanol–water partition coefficient (Wildman–Crippen LogP) is -0.876. The maximum absolute atomic E-state index is 15.4. The summed E-state index contributed by atoms with van der Waals surface area (Å²) in [4.78, 5) is 53.5. The van der Waals surface area contributed by atoms with E-state index in [1.165, 1.54) is 0 Å². The number of nitrogens with one attached hydrogen (secondary N) is 2. The number of nitrogens with two attached hydrogens (primary N) is 2. The summed E-state index contributed by atoms with van der Waals surface area (Å²) in [5.74, 6) is -9.91. The monoisotopic (exact) mass is 573 g/mol. The Morgan fingerprint density at radius 1 is 1.17 bits per heavy atom. The Kier molecular flexibility index (Phi) is 7.36. The van der Waals surface area contributed by atoms with Crippen LogP contribution in [0.4, 0.5) is 10.1 Å². The molecule has 1 saturated heterocycles. The number of aliphatic hydroxyl groups excluding tert-OH is 2. The summed E-state index contributed by atoms with van der Waals surface area (Å²) in [6.07, 6.45) is 1.48. The number of aliphatic hydroxyl groups is 3. The molecule has 13 nitrogen and oxygen atoms in total. The summed E-state index contributed by atoms with van der Waals surface area (Å²) in [7, 11) is 0. The third-order valence-electron chi connectivity index (χ3n) is 8.49. The van der Waals surface area contributed by atoms with Gasteiger partial charge in [-0.2, -0.15) is 0 Å². The third-order valence-corrected chi connectivity index (χ3v) is 8.49. The van der Waals surface area contributed by atoms with Crippen LogP contribution < -0.4 is 22.1 Å². The summed E-state index contributed by atoms with van der Waals surface area (Å²) in [5, 5.41) is 50.0. The molecule has 220 valence electrons. The van der Waals surface area contributed by atoms with E-state index in [4.69, 9.17) is 11.5 Å². The molecule has 5 rings (SSSR count). The normalized spacial score (nSPS) is 27.9. The molecule has 4 atom stereocenters. The summed E-state index contributed by atoms with van der Waals surface area (Å²) in [6.45, 7) is 1.59. The molecule has 4 aliphatic rings. The number of likely N-dealkylation sites (tertiary alicyclic amines) is 1. The Bertz CT molecular complexity index is 1420. The first kappa shape index (κ1) is 28.7. The molecule has 41 heavy (non-hydrogen) atoms. The predicted molar refractivity (Wildman–Crippen MR) is 142 cm³/mol. The molecule has 1 saturated carbocycles. The molecule has 10 N–H and O–H groups in total. The summed E-state index contributed by atoms with van der Waals surface area (Å²) in [5.41, 5.74) is 5.75. The maximum Gasteiger partial charge on any atom is 0.255 e. The Morgan fingerprint density at radius 3 is 2.49 bits per heavy atom. The fraction of sp³-hybridized carbons (Fsp3) is 0.481. The van der Waals surface area contributed by atoms with Gasteiger partial charge in [0.1, 0.15) is 22.9 Å². The number of hydrogen-bond acceptors (Lipinski definition) is 11. The van der Waals surface area contributed by atoms with E-state index in [-0.39, 0.29) is 43.7 Å². The molecule has 0 radical (unpaired) electrons. The number of phenols is 1. The number of ketones is 2. The highest BCUT2D eigenvalue weighted by Crippen LogP contribution is 2.53. The molecule has 1 aromatic rings. The van der Waals surface area contributed by atoms with Gasteiger partial charge in [-0.25, -0.2) is 4.39 Å². The number of aromatic hydroxyl groups is 1. The standard InChI is InChI=1S/C27H32FN5O8/c28-14-9-15(32-16(34)10-33-5-1-2-6-33)21(35)18-12(14)7-11-8-13-20(31-4-3-29)23(37)19(26(30)40)25(39)27(13,41)24(38)17(11)22(18)36/h9,11,13,20,31,35-36,39,41H,1-8,10,29H2,(H2,30,40)(H,32,34)/t11-,13-,20-,27-/m0/s1. The van der Waals surface area contributed by atoms with Gasteiger partial charge in [-0.3, -0.25) is 24.1 Å². The lowest BCUT2D eigenvalue weighted by atomic mass is 9.57. The number of anilines is 1. The largest absolute Gasteiger partial charge is 0.508 e. The van der Waals surface area contributed by atoms with E-state index in [2.05, 4.69) is 10.6 Å². The Hall–Kier alpha value is -3.85. The summed E-state index contributed by atoms with van der Waals surface area (Å²) >= 11 is 0. The number of Topliss-reactive ketones (excluding diaryl/α,β-unsaturated/α-hetero) is 2. The minimum absolute atomic E-state index is 0.0199. The lowest BCUT2D eigenvalue weighted by Gasteiger charge is -2.49. The number of hydrogen-bond donors (Lipinski definition) is 8. The van der Waals surface area contributed by atoms with Crippen LogP contribution in [0.3, 0.4) is 0 Å². The van der Waals surface area contributed by atoms with Crippen LogP contribution in [0.2, 0.25) is 0 Å². The van der Waals surface area contributed by atoms with Crippen molar-refractivity contribution in [3.8, 4) is 5.75 Å². The van der Waals surface area contributed by atoms with Crippen molar-refractivity contribution in [1.29, 1.82) is 0 Å². The van der Waals surface area contributed by atoms with Crippen molar-refractivity contribution in [2.24, 2.45) is 23.3 Å². The first-order chi connectivity index (χ1) is 19.4. The number of fused-ring (bicyclic) bond motifs is 3. The maximum atomic E-state index is 15.4. The van der Waals surface area contributed by atoms with Gasteiger partial charge in [-0.15, -0.1) is 0 Å². The van der Waals surface area contributed by atoms with Crippen molar-refractivity contribution < 1.29 is 44.0 Å². The smallest absolute Gasteiger partial charge is 0.255 e. The Morgan fingerprint density at radius 2 is 1.85 bits per heavy atom. The first-order valence-electron chi connectivity index (χ1n) is 13.4. The molecule has 0 spiro atoms. The molecule has 14 heteroatoms. The van der Waals surface area contributed by atoms with Gasteiger partial charge in [0.25, 0.3) is 5.91 Å². The molecule has 1 heterocycles. The van der Waals surface area contributed by atoms with Gasteiger partial charge in [0.05, 0.1) is 23.8 Å². The SMILES string of the molecule is NCCN[C@@H]1C(=O)C(C(N)=O)=C(O)[C@@]2(O)C(=O)C3=C(O)c4c(O)c(NC(=O)CN5CCCC5)cc(F)c4C[C@H]3C[C@@H]12. The van der Waals surface area contributed by atoms with Gasteiger partial charge in [-0.05, 0) is 44.7 Å². The summed E-state index contributed by atoms with van der Waals surface area (Å²) < 4.78 is 15.4. The van der Waals surface area contributed by atoms with Crippen molar-refractivity contribution in [1.82, 2.24) is 10.2 Å². The van der Waals surface area contributed by atoms with E-state index in [0.29, 0.717) is 0 Å². The van der Waals surface area contributed by atoms with Crippen LogP contribution in [0.1, 0.15) is 30.4 Å². The molecule has 0 aromatic heterocycles. The molecular formula is C27H32FN5O8. The molecular weight excluding hydrogens is 541 g/mol. The molecule has 2 amide bonds. The van der Waals surface area contributed by atoms with Crippen LogP contribution >= 0.6 is 0 Å². The Labute approximate surface area is 233 Å². The van der Waals surface area contributed by atoms with E-state index in [1.807, 2.05) is 4.90 Å². The van der Waals surface area contributed by atoms with Gasteiger partial charge < -0.3 is 42.5 Å². The van der Waals surface area contributed by atoms with E-state index >= 15 is 4.39 Å². The van der Waals surface area contributed by atoms with Gasteiger partial charge in [0.15, 0.2) is 17.1 Å². The average molecular weight is 574 g/mol. The number of rotatable bonds is 7. The molecule has 0 bridgehead atoms. The van der Waals surface area contributed by atoms with Crippen molar-refractivity contribution in [2.75, 3.05) is 38.0 Å². The van der Waals surface area contributed by atoms with Gasteiger partial charge in [-0.1, -0.05) is 0 Å². The van der Waals surface area contributed by atoms with Crippen molar-refractivity contribution >= 4 is 34.8 Å². The van der Waals surface area contributed by atoms with E-state index in [9.17, 15) is 39.6 Å². The molecule has 0 unspecified atom stereocenters. The van der Waals surface area contributed by atoms with E-state index in [1.54, 1.807) is 0 Å². The highest BCUT2D eigenvalue weighted by Gasteiger charge is 2.63.